The summed E-state index contributed by atoms with van der Waals surface area (Å²) in [7, 11) is 0. The Morgan fingerprint density at radius 1 is 1.06 bits per heavy atom. The number of ether oxygens (including phenoxy) is 3. The number of carbonyl (C=O) groups excluding carboxylic acids is 2. The van der Waals surface area contributed by atoms with Crippen molar-refractivity contribution in [2.45, 2.75) is 46.0 Å². The maximum absolute atomic E-state index is 12.5. The van der Waals surface area contributed by atoms with Crippen molar-refractivity contribution < 1.29 is 32.6 Å². The van der Waals surface area contributed by atoms with Gasteiger partial charge in [-0.05, 0) is 6.92 Å². The topological polar surface area (TPSA) is 61.8 Å². The molecular weight excluding hydrogens is 238 g/mol. The number of halogens is 2. The van der Waals surface area contributed by atoms with Crippen molar-refractivity contribution in [3.05, 3.63) is 0 Å². The Balaban J connectivity index is 4.38. The molecule has 0 spiro atoms. The van der Waals surface area contributed by atoms with Crippen LogP contribution in [-0.4, -0.2) is 30.4 Å². The lowest BCUT2D eigenvalue weighted by Crippen LogP contribution is -2.39. The second-order valence-corrected chi connectivity index (χ2v) is 3.72. The van der Waals surface area contributed by atoms with Crippen LogP contribution in [-0.2, 0) is 23.8 Å². The summed E-state index contributed by atoms with van der Waals surface area (Å²) in [5.74, 6) is -6.38. The molecule has 0 rings (SSSR count). The fourth-order valence-corrected chi connectivity index (χ4v) is 1.02. The minimum atomic E-state index is -2.91. The van der Waals surface area contributed by atoms with Crippen molar-refractivity contribution in [1.82, 2.24) is 0 Å². The van der Waals surface area contributed by atoms with Crippen molar-refractivity contribution in [1.29, 1.82) is 0 Å². The van der Waals surface area contributed by atoms with E-state index in [-0.39, 0.29) is 0 Å². The normalized spacial score (nSPS) is 12.1. The molecule has 0 aromatic carbocycles. The van der Waals surface area contributed by atoms with Gasteiger partial charge >= 0.3 is 17.9 Å². The van der Waals surface area contributed by atoms with Crippen LogP contribution in [0.3, 0.4) is 0 Å². The van der Waals surface area contributed by atoms with Crippen molar-refractivity contribution in [3.63, 3.8) is 0 Å². The minimum absolute atomic E-state index is 0.416. The highest BCUT2D eigenvalue weighted by Gasteiger charge is 2.34. The summed E-state index contributed by atoms with van der Waals surface area (Å²) in [5, 5.41) is 0. The summed E-state index contributed by atoms with van der Waals surface area (Å²) >= 11 is 0. The maximum atomic E-state index is 12.5. The molecule has 0 radical (unpaired) electrons. The van der Waals surface area contributed by atoms with E-state index < -0.39 is 36.9 Å². The Morgan fingerprint density at radius 2 is 1.47 bits per heavy atom. The van der Waals surface area contributed by atoms with Gasteiger partial charge in [-0.25, -0.2) is 8.78 Å². The van der Waals surface area contributed by atoms with Crippen molar-refractivity contribution in [3.8, 4) is 0 Å². The van der Waals surface area contributed by atoms with Crippen LogP contribution in [0.15, 0.2) is 0 Å². The summed E-state index contributed by atoms with van der Waals surface area (Å²) in [6, 6.07) is 0. The van der Waals surface area contributed by atoms with Gasteiger partial charge in [0.25, 0.3) is 0 Å². The Kier molecular flexibility index (Phi) is 5.47. The third kappa shape index (κ3) is 8.56. The van der Waals surface area contributed by atoms with Gasteiger partial charge in [0.2, 0.25) is 5.92 Å². The molecular formula is C10H16F2O5. The fourth-order valence-electron chi connectivity index (χ4n) is 1.02. The summed E-state index contributed by atoms with van der Waals surface area (Å²) in [6.07, 6.45) is -0.578. The van der Waals surface area contributed by atoms with E-state index in [9.17, 15) is 18.4 Å². The van der Waals surface area contributed by atoms with Crippen molar-refractivity contribution in [2.24, 2.45) is 0 Å². The second-order valence-electron chi connectivity index (χ2n) is 3.72. The summed E-state index contributed by atoms with van der Waals surface area (Å²) in [5.41, 5.74) is 0. The Morgan fingerprint density at radius 3 is 1.76 bits per heavy atom. The first-order chi connectivity index (χ1) is 7.54. The quantitative estimate of drug-likeness (QED) is 0.534. The molecule has 0 bridgehead atoms. The fraction of sp³-hybridized carbons (Fsp3) is 0.800. The molecule has 0 aromatic rings. The highest BCUT2D eigenvalue weighted by molar-refractivity contribution is 5.68. The predicted octanol–water partition coefficient (Wildman–Crippen LogP) is 1.85. The molecule has 0 saturated carbocycles. The molecule has 17 heavy (non-hydrogen) atoms. The van der Waals surface area contributed by atoms with Crippen LogP contribution in [0.4, 0.5) is 8.78 Å². The summed E-state index contributed by atoms with van der Waals surface area (Å²) in [4.78, 5) is 21.5. The molecule has 5 nitrogen and oxygen atoms in total. The molecule has 0 amide bonds. The van der Waals surface area contributed by atoms with E-state index in [2.05, 4.69) is 9.47 Å². The number of rotatable bonds is 6. The molecule has 0 aliphatic rings. The number of hydrogen-bond donors (Lipinski definition) is 0. The summed E-state index contributed by atoms with van der Waals surface area (Å²) < 4.78 is 39.1. The first kappa shape index (κ1) is 15.8. The average Bonchev–Trinajstić information content (AvgIpc) is 1.95. The molecule has 0 aromatic heterocycles. The van der Waals surface area contributed by atoms with E-state index >= 15 is 0 Å². The van der Waals surface area contributed by atoms with E-state index in [1.54, 1.807) is 0 Å². The predicted molar refractivity (Wildman–Crippen MR) is 53.1 cm³/mol. The molecule has 100 valence electrons. The second kappa shape index (κ2) is 5.90. The molecule has 0 atom stereocenters. The van der Waals surface area contributed by atoms with Crippen LogP contribution in [0, 0.1) is 0 Å². The lowest BCUT2D eigenvalue weighted by atomic mass is 10.3. The largest absolute Gasteiger partial charge is 0.398 e. The van der Waals surface area contributed by atoms with Crippen LogP contribution >= 0.6 is 0 Å². The molecule has 0 heterocycles. The van der Waals surface area contributed by atoms with Gasteiger partial charge in [-0.3, -0.25) is 9.59 Å². The molecule has 0 aliphatic heterocycles. The summed E-state index contributed by atoms with van der Waals surface area (Å²) in [6.45, 7) is 3.63. The van der Waals surface area contributed by atoms with Gasteiger partial charge in [-0.15, -0.1) is 0 Å². The molecule has 0 fully saturated rings. The van der Waals surface area contributed by atoms with Crippen LogP contribution < -0.4 is 0 Å². The van der Waals surface area contributed by atoms with Crippen molar-refractivity contribution >= 4 is 11.9 Å². The average molecular weight is 254 g/mol. The van der Waals surface area contributed by atoms with E-state index in [0.29, 0.717) is 0 Å². The Hall–Kier alpha value is -1.24. The first-order valence-corrected chi connectivity index (χ1v) is 4.95. The Bertz CT molecular complexity index is 269. The van der Waals surface area contributed by atoms with Crippen LogP contribution in [0.2, 0.25) is 0 Å². The molecule has 0 N–H and O–H groups in total. The molecule has 0 unspecified atom stereocenters. The standard InChI is InChI=1S/C10H16F2O5/c1-7(13)16-10(4,17-8(2)14)15-6-5-9(3,11)12/h5-6H2,1-4H3. The van der Waals surface area contributed by atoms with E-state index in [1.807, 2.05) is 0 Å². The minimum Gasteiger partial charge on any atom is -0.398 e. The van der Waals surface area contributed by atoms with Crippen LogP contribution in [0.25, 0.3) is 0 Å². The lowest BCUT2D eigenvalue weighted by Gasteiger charge is -2.27. The number of alkyl halides is 2. The third-order valence-corrected chi connectivity index (χ3v) is 1.56. The van der Waals surface area contributed by atoms with E-state index in [1.165, 1.54) is 0 Å². The van der Waals surface area contributed by atoms with Crippen LogP contribution in [0.5, 0.6) is 0 Å². The SMILES string of the molecule is CC(=O)OC(C)(OCCC(C)(F)F)OC(C)=O. The third-order valence-electron chi connectivity index (χ3n) is 1.56. The van der Waals surface area contributed by atoms with Gasteiger partial charge in [-0.2, -0.15) is 0 Å². The van der Waals surface area contributed by atoms with Gasteiger partial charge in [0.05, 0.1) is 6.61 Å². The van der Waals surface area contributed by atoms with Gasteiger partial charge in [-0.1, -0.05) is 0 Å². The molecule has 0 saturated heterocycles. The molecule has 7 heteroatoms. The zero-order chi connectivity index (χ0) is 13.7. The van der Waals surface area contributed by atoms with Gasteiger partial charge < -0.3 is 14.2 Å². The number of esters is 2. The van der Waals surface area contributed by atoms with Gasteiger partial charge in [0, 0.05) is 27.2 Å². The number of carbonyl (C=O) groups is 2. The zero-order valence-corrected chi connectivity index (χ0v) is 10.2. The Labute approximate surface area is 98.0 Å². The smallest absolute Gasteiger partial charge is 0.372 e. The van der Waals surface area contributed by atoms with Crippen molar-refractivity contribution in [2.75, 3.05) is 6.61 Å². The van der Waals surface area contributed by atoms with Crippen LogP contribution in [0.1, 0.15) is 34.1 Å². The first-order valence-electron chi connectivity index (χ1n) is 4.95. The number of hydrogen-bond acceptors (Lipinski definition) is 5. The molecule has 0 aliphatic carbocycles. The van der Waals surface area contributed by atoms with E-state index in [0.717, 1.165) is 27.7 Å². The van der Waals surface area contributed by atoms with Gasteiger partial charge in [0.15, 0.2) is 0 Å². The lowest BCUT2D eigenvalue weighted by molar-refractivity contribution is -0.336. The monoisotopic (exact) mass is 254 g/mol. The maximum Gasteiger partial charge on any atom is 0.372 e. The van der Waals surface area contributed by atoms with E-state index in [4.69, 9.17) is 4.74 Å². The van der Waals surface area contributed by atoms with Gasteiger partial charge in [0.1, 0.15) is 0 Å². The highest BCUT2D eigenvalue weighted by atomic mass is 19.3. The highest BCUT2D eigenvalue weighted by Crippen LogP contribution is 2.20. The zero-order valence-electron chi connectivity index (χ0n) is 10.2.